The number of nitrogens with zero attached hydrogens (tertiary/aromatic N) is 3. The number of carbonyl (C=O) groups excluding carboxylic acids is 1. The summed E-state index contributed by atoms with van der Waals surface area (Å²) < 4.78 is 1.87. The highest BCUT2D eigenvalue weighted by Crippen LogP contribution is 2.30. The Balaban J connectivity index is 1.94. The van der Waals surface area contributed by atoms with E-state index in [1.54, 1.807) is 12.1 Å². The van der Waals surface area contributed by atoms with Crippen molar-refractivity contribution in [3.8, 4) is 11.3 Å². The van der Waals surface area contributed by atoms with Gasteiger partial charge in [0.05, 0.1) is 30.2 Å². The van der Waals surface area contributed by atoms with Gasteiger partial charge in [-0.25, -0.2) is 0 Å². The molecule has 27 heavy (non-hydrogen) atoms. The highest BCUT2D eigenvalue weighted by Gasteiger charge is 2.29. The van der Waals surface area contributed by atoms with Crippen LogP contribution in [0.2, 0.25) is 5.02 Å². The van der Waals surface area contributed by atoms with Crippen LogP contribution in [0.4, 0.5) is 0 Å². The monoisotopic (exact) mass is 387 g/mol. The van der Waals surface area contributed by atoms with Crippen LogP contribution in [-0.2, 0) is 13.1 Å². The normalized spacial score (nSPS) is 14.0. The van der Waals surface area contributed by atoms with E-state index in [0.717, 1.165) is 30.0 Å². The predicted octanol–water partition coefficient (Wildman–Crippen LogP) is 3.37. The lowest BCUT2D eigenvalue weighted by Crippen LogP contribution is -2.45. The van der Waals surface area contributed by atoms with Crippen molar-refractivity contribution in [1.29, 1.82) is 0 Å². The zero-order chi connectivity index (χ0) is 19.8. The van der Waals surface area contributed by atoms with Gasteiger partial charge in [0.15, 0.2) is 0 Å². The van der Waals surface area contributed by atoms with Crippen LogP contribution in [-0.4, -0.2) is 32.7 Å². The molecule has 1 aromatic heterocycles. The molecule has 0 fully saturated rings. The zero-order valence-electron chi connectivity index (χ0n) is 16.1. The number of hydrogen-bond acceptors (Lipinski definition) is 4. The van der Waals surface area contributed by atoms with Crippen LogP contribution in [0, 0.1) is 0 Å². The largest absolute Gasteiger partial charge is 0.367 e. The number of fused-ring (bicyclic) bond motifs is 1. The van der Waals surface area contributed by atoms with E-state index in [1.807, 2.05) is 16.8 Å². The lowest BCUT2D eigenvalue weighted by atomic mass is 10.0. The average Bonchev–Trinajstić information content (AvgIpc) is 3.00. The van der Waals surface area contributed by atoms with Crippen molar-refractivity contribution in [3.05, 3.63) is 52.9 Å². The Bertz CT molecular complexity index is 886. The number of halogens is 1. The highest BCUT2D eigenvalue weighted by atomic mass is 35.5. The fraction of sp³-hybridized carbons (Fsp3) is 0.400. The van der Waals surface area contributed by atoms with E-state index in [4.69, 9.17) is 17.3 Å². The minimum absolute atomic E-state index is 0.0484. The molecule has 0 radical (unpaired) electrons. The first-order chi connectivity index (χ1) is 12.7. The molecule has 1 aliphatic rings. The third-order valence-corrected chi connectivity index (χ3v) is 5.31. The van der Waals surface area contributed by atoms with Gasteiger partial charge in [-0.05, 0) is 32.4 Å². The van der Waals surface area contributed by atoms with Gasteiger partial charge in [-0.15, -0.1) is 0 Å². The molecule has 0 saturated heterocycles. The number of nitrogens with two attached hydrogens (primary N) is 1. The van der Waals surface area contributed by atoms with Gasteiger partial charge in [-0.3, -0.25) is 9.48 Å². The molecule has 6 nitrogen and oxygen atoms in total. The van der Waals surface area contributed by atoms with Crippen molar-refractivity contribution in [2.24, 2.45) is 5.73 Å². The molecule has 3 N–H and O–H groups in total. The maximum Gasteiger partial charge on any atom is 0.252 e. The van der Waals surface area contributed by atoms with Gasteiger partial charge in [-0.2, -0.15) is 5.10 Å². The quantitative estimate of drug-likeness (QED) is 0.796. The Morgan fingerprint density at radius 2 is 2.15 bits per heavy atom. The summed E-state index contributed by atoms with van der Waals surface area (Å²) in [5.74, 6) is 0.356. The first-order valence-corrected chi connectivity index (χ1v) is 9.47. The summed E-state index contributed by atoms with van der Waals surface area (Å²) in [5, 5.41) is 8.71. The van der Waals surface area contributed by atoms with Crippen molar-refractivity contribution in [2.75, 3.05) is 6.54 Å². The number of aromatic nitrogens is 2. The SMILES string of the molecule is C=C(NC(C)(C)CC)N1CCn2nc(-c3cccc(Cl)c3)c(C(N)=O)c2C1. The molecule has 7 heteroatoms. The van der Waals surface area contributed by atoms with Crippen molar-refractivity contribution in [2.45, 2.75) is 45.8 Å². The molecule has 2 heterocycles. The molecule has 144 valence electrons. The van der Waals surface area contributed by atoms with Gasteiger partial charge >= 0.3 is 0 Å². The van der Waals surface area contributed by atoms with Gasteiger partial charge < -0.3 is 16.0 Å². The first-order valence-electron chi connectivity index (χ1n) is 9.09. The van der Waals surface area contributed by atoms with Crippen molar-refractivity contribution < 1.29 is 4.79 Å². The summed E-state index contributed by atoms with van der Waals surface area (Å²) in [7, 11) is 0. The molecule has 3 rings (SSSR count). The molecular weight excluding hydrogens is 362 g/mol. The number of rotatable bonds is 6. The maximum absolute atomic E-state index is 12.2. The minimum Gasteiger partial charge on any atom is -0.367 e. The molecule has 1 aliphatic heterocycles. The third-order valence-electron chi connectivity index (χ3n) is 5.07. The van der Waals surface area contributed by atoms with Crippen LogP contribution in [0.5, 0.6) is 0 Å². The first kappa shape index (κ1) is 19.3. The number of carbonyl (C=O) groups is 1. The summed E-state index contributed by atoms with van der Waals surface area (Å²) in [4.78, 5) is 14.4. The molecule has 1 aromatic carbocycles. The second-order valence-corrected chi connectivity index (χ2v) is 7.94. The van der Waals surface area contributed by atoms with E-state index in [2.05, 4.69) is 42.7 Å². The number of benzene rings is 1. The molecular formula is C20H26ClN5O. The van der Waals surface area contributed by atoms with Crippen LogP contribution in [0.25, 0.3) is 11.3 Å². The molecule has 0 saturated carbocycles. The lowest BCUT2D eigenvalue weighted by Gasteiger charge is -2.36. The van der Waals surface area contributed by atoms with Crippen LogP contribution in [0.3, 0.4) is 0 Å². The third kappa shape index (κ3) is 3.95. The van der Waals surface area contributed by atoms with Crippen molar-refractivity contribution >= 4 is 17.5 Å². The predicted molar refractivity (Wildman–Crippen MR) is 108 cm³/mol. The summed E-state index contributed by atoms with van der Waals surface area (Å²) in [6.07, 6.45) is 0.975. The Hall–Kier alpha value is -2.47. The van der Waals surface area contributed by atoms with Crippen LogP contribution < -0.4 is 11.1 Å². The molecule has 1 amide bonds. The Kier molecular flexibility index (Phi) is 5.20. The molecule has 0 unspecified atom stereocenters. The lowest BCUT2D eigenvalue weighted by molar-refractivity contribution is 0.0997. The number of hydrogen-bond donors (Lipinski definition) is 2. The number of nitrogens with one attached hydrogen (secondary N) is 1. The summed E-state index contributed by atoms with van der Waals surface area (Å²) in [6, 6.07) is 7.31. The maximum atomic E-state index is 12.2. The van der Waals surface area contributed by atoms with Gasteiger partial charge in [-0.1, -0.05) is 37.2 Å². The van der Waals surface area contributed by atoms with E-state index in [-0.39, 0.29) is 5.54 Å². The Morgan fingerprint density at radius 3 is 2.78 bits per heavy atom. The summed E-state index contributed by atoms with van der Waals surface area (Å²) >= 11 is 6.11. The molecule has 0 aliphatic carbocycles. The molecule has 0 bridgehead atoms. The molecule has 0 spiro atoms. The van der Waals surface area contributed by atoms with Crippen molar-refractivity contribution in [1.82, 2.24) is 20.0 Å². The van der Waals surface area contributed by atoms with Gasteiger partial charge in [0.2, 0.25) is 0 Å². The number of amides is 1. The smallest absolute Gasteiger partial charge is 0.252 e. The van der Waals surface area contributed by atoms with E-state index in [1.165, 1.54) is 0 Å². The Morgan fingerprint density at radius 1 is 1.41 bits per heavy atom. The van der Waals surface area contributed by atoms with Crippen molar-refractivity contribution in [3.63, 3.8) is 0 Å². The summed E-state index contributed by atoms with van der Waals surface area (Å²) in [6.45, 7) is 12.5. The van der Waals surface area contributed by atoms with Crippen LogP contribution in [0.15, 0.2) is 36.7 Å². The standard InChI is InChI=1S/C20H26ClN5O/c1-5-20(3,4)23-13(2)25-9-10-26-16(12-25)17(19(22)27)18(24-26)14-7-6-8-15(21)11-14/h6-8,11,23H,2,5,9-10,12H2,1,3-4H3,(H2,22,27). The van der Waals surface area contributed by atoms with Gasteiger partial charge in [0.1, 0.15) is 5.69 Å². The average molecular weight is 388 g/mol. The second kappa shape index (κ2) is 7.27. The fourth-order valence-corrected chi connectivity index (χ4v) is 3.39. The Labute approximate surface area is 165 Å². The topological polar surface area (TPSA) is 76.2 Å². The van der Waals surface area contributed by atoms with E-state index >= 15 is 0 Å². The van der Waals surface area contributed by atoms with E-state index in [0.29, 0.717) is 29.4 Å². The minimum atomic E-state index is -0.486. The fourth-order valence-electron chi connectivity index (χ4n) is 3.20. The zero-order valence-corrected chi connectivity index (χ0v) is 16.8. The summed E-state index contributed by atoms with van der Waals surface area (Å²) in [5.41, 5.74) is 8.29. The van der Waals surface area contributed by atoms with Gasteiger partial charge in [0, 0.05) is 22.7 Å². The van der Waals surface area contributed by atoms with E-state index < -0.39 is 5.91 Å². The number of primary amides is 1. The van der Waals surface area contributed by atoms with E-state index in [9.17, 15) is 4.79 Å². The second-order valence-electron chi connectivity index (χ2n) is 7.50. The van der Waals surface area contributed by atoms with Crippen LogP contribution in [0.1, 0.15) is 43.2 Å². The molecule has 0 atom stereocenters. The van der Waals surface area contributed by atoms with Crippen LogP contribution >= 0.6 is 11.6 Å². The van der Waals surface area contributed by atoms with Gasteiger partial charge in [0.25, 0.3) is 5.91 Å². The highest BCUT2D eigenvalue weighted by molar-refractivity contribution is 6.30. The molecule has 2 aromatic rings.